The summed E-state index contributed by atoms with van der Waals surface area (Å²) in [5, 5.41) is 12.6. The highest BCUT2D eigenvalue weighted by atomic mass is 19.1. The number of carbonyl (C=O) groups excluding carboxylic acids is 1. The maximum absolute atomic E-state index is 13.6. The number of hydrogen-bond donors (Lipinski definition) is 2. The molecular weight excluding hydrogens is 328 g/mol. The molecule has 0 aliphatic carbocycles. The second-order valence-corrected chi connectivity index (χ2v) is 6.15. The van der Waals surface area contributed by atoms with Crippen molar-refractivity contribution in [3.8, 4) is 0 Å². The summed E-state index contributed by atoms with van der Waals surface area (Å²) in [6.45, 7) is 1.42. The number of aliphatic hydroxyl groups excluding tert-OH is 1. The van der Waals surface area contributed by atoms with Crippen molar-refractivity contribution in [3.05, 3.63) is 65.5 Å². The number of nitrogens with zero attached hydrogens (tertiary/aromatic N) is 2. The summed E-state index contributed by atoms with van der Waals surface area (Å²) >= 11 is 0. The van der Waals surface area contributed by atoms with Gasteiger partial charge in [-0.15, -0.1) is 0 Å². The number of aliphatic hydroxyl groups is 1. The van der Waals surface area contributed by atoms with Crippen LogP contribution in [-0.2, 0) is 6.54 Å². The van der Waals surface area contributed by atoms with Gasteiger partial charge in [0.15, 0.2) is 11.5 Å². The first kappa shape index (κ1) is 17.4. The fourth-order valence-corrected chi connectivity index (χ4v) is 3.06. The first-order valence-corrected chi connectivity index (χ1v) is 8.08. The number of likely N-dealkylation sites (tertiary alicyclic amines) is 1. The van der Waals surface area contributed by atoms with Crippen molar-refractivity contribution in [2.45, 2.75) is 25.1 Å². The smallest absolute Gasteiger partial charge is 0.272 e. The van der Waals surface area contributed by atoms with Gasteiger partial charge in [0.1, 0.15) is 5.82 Å². The summed E-state index contributed by atoms with van der Waals surface area (Å²) < 4.78 is 26.5. The molecule has 3 rings (SSSR count). The molecule has 0 radical (unpaired) electrons. The lowest BCUT2D eigenvalue weighted by atomic mass is 10.1. The molecule has 2 atom stereocenters. The van der Waals surface area contributed by atoms with Crippen molar-refractivity contribution < 1.29 is 18.7 Å². The topological polar surface area (TPSA) is 65.5 Å². The van der Waals surface area contributed by atoms with Gasteiger partial charge in [0.2, 0.25) is 0 Å². The highest BCUT2D eigenvalue weighted by Crippen LogP contribution is 2.20. The van der Waals surface area contributed by atoms with E-state index in [4.69, 9.17) is 0 Å². The summed E-state index contributed by atoms with van der Waals surface area (Å²) in [6.07, 6.45) is 0.858. The summed E-state index contributed by atoms with van der Waals surface area (Å²) in [4.78, 5) is 17.6. The molecule has 1 fully saturated rings. The molecule has 132 valence electrons. The Morgan fingerprint density at radius 2 is 2.08 bits per heavy atom. The van der Waals surface area contributed by atoms with Crippen LogP contribution < -0.4 is 5.32 Å². The van der Waals surface area contributed by atoms with Crippen molar-refractivity contribution in [2.24, 2.45) is 0 Å². The Morgan fingerprint density at radius 1 is 1.32 bits per heavy atom. The van der Waals surface area contributed by atoms with Gasteiger partial charge in [0.05, 0.1) is 12.3 Å². The van der Waals surface area contributed by atoms with Gasteiger partial charge in [-0.1, -0.05) is 30.3 Å². The van der Waals surface area contributed by atoms with Crippen LogP contribution in [0.2, 0.25) is 0 Å². The molecular formula is C18H19F2N3O2. The van der Waals surface area contributed by atoms with Crippen LogP contribution in [-0.4, -0.2) is 46.1 Å². The number of amides is 1. The van der Waals surface area contributed by atoms with Crippen LogP contribution in [0.3, 0.4) is 0 Å². The van der Waals surface area contributed by atoms with Gasteiger partial charge in [0.25, 0.3) is 5.91 Å². The van der Waals surface area contributed by atoms with Crippen LogP contribution in [0.5, 0.6) is 0 Å². The summed E-state index contributed by atoms with van der Waals surface area (Å²) in [5.41, 5.74) is 0.675. The van der Waals surface area contributed by atoms with Gasteiger partial charge in [-0.3, -0.25) is 9.69 Å². The minimum atomic E-state index is -0.995. The molecule has 2 aromatic rings. The Morgan fingerprint density at radius 3 is 2.80 bits per heavy atom. The average molecular weight is 347 g/mol. The number of halogens is 2. The van der Waals surface area contributed by atoms with Crippen LogP contribution >= 0.6 is 0 Å². The van der Waals surface area contributed by atoms with Crippen molar-refractivity contribution >= 4 is 5.91 Å². The molecule has 1 saturated heterocycles. The first-order valence-electron chi connectivity index (χ1n) is 8.08. The Labute approximate surface area is 144 Å². The number of rotatable bonds is 5. The minimum Gasteiger partial charge on any atom is -0.392 e. The quantitative estimate of drug-likeness (QED) is 0.865. The molecule has 2 N–H and O–H groups in total. The molecule has 0 saturated carbocycles. The lowest BCUT2D eigenvalue weighted by molar-refractivity contribution is 0.0930. The fraction of sp³-hybridized carbons (Fsp3) is 0.333. The predicted molar refractivity (Wildman–Crippen MR) is 87.8 cm³/mol. The van der Waals surface area contributed by atoms with E-state index in [1.165, 1.54) is 0 Å². The van der Waals surface area contributed by atoms with E-state index in [-0.39, 0.29) is 12.6 Å². The molecule has 5 nitrogen and oxygen atoms in total. The minimum absolute atomic E-state index is 0.0670. The zero-order chi connectivity index (χ0) is 17.8. The monoisotopic (exact) mass is 347 g/mol. The van der Waals surface area contributed by atoms with Crippen LogP contribution in [0.4, 0.5) is 8.78 Å². The Kier molecular flexibility index (Phi) is 5.35. The molecule has 1 aromatic carbocycles. The highest BCUT2D eigenvalue weighted by molar-refractivity contribution is 5.92. The van der Waals surface area contributed by atoms with E-state index in [2.05, 4.69) is 15.2 Å². The number of carbonyl (C=O) groups is 1. The van der Waals surface area contributed by atoms with Gasteiger partial charge in [-0.05, 0) is 12.0 Å². The normalized spacial score (nSPS) is 20.6. The second-order valence-electron chi connectivity index (χ2n) is 6.15. The van der Waals surface area contributed by atoms with E-state index in [1.54, 1.807) is 0 Å². The highest BCUT2D eigenvalue weighted by Gasteiger charge is 2.31. The Hall–Kier alpha value is -2.38. The largest absolute Gasteiger partial charge is 0.392 e. The van der Waals surface area contributed by atoms with Gasteiger partial charge in [-0.25, -0.2) is 13.8 Å². The number of β-amino-alcohol motifs (C(OH)–C–C–N with tert-alkyl or cyclic N) is 1. The van der Waals surface area contributed by atoms with Gasteiger partial charge >= 0.3 is 0 Å². The molecule has 25 heavy (non-hydrogen) atoms. The van der Waals surface area contributed by atoms with Crippen LogP contribution in [0.1, 0.15) is 22.5 Å². The number of pyridine rings is 1. The second kappa shape index (κ2) is 7.67. The van der Waals surface area contributed by atoms with Crippen LogP contribution in [0.15, 0.2) is 42.6 Å². The third kappa shape index (κ3) is 4.37. The molecule has 7 heteroatoms. The average Bonchev–Trinajstić information content (AvgIpc) is 2.93. The maximum atomic E-state index is 13.6. The lowest BCUT2D eigenvalue weighted by Gasteiger charge is -2.24. The fourth-order valence-electron chi connectivity index (χ4n) is 3.06. The molecule has 1 aromatic heterocycles. The summed E-state index contributed by atoms with van der Waals surface area (Å²) in [6, 6.07) is 10.4. The molecule has 1 aliphatic rings. The van der Waals surface area contributed by atoms with Crippen molar-refractivity contribution in [1.82, 2.24) is 15.2 Å². The molecule has 1 aliphatic heterocycles. The van der Waals surface area contributed by atoms with E-state index in [0.29, 0.717) is 25.6 Å². The summed E-state index contributed by atoms with van der Waals surface area (Å²) in [7, 11) is 0. The zero-order valence-electron chi connectivity index (χ0n) is 13.5. The van der Waals surface area contributed by atoms with E-state index in [9.17, 15) is 18.7 Å². The SMILES string of the molecule is O=C(NC[C@H]1C[C@@H](O)CN1Cc1ccccc1)c1ncc(F)cc1F. The molecule has 0 unspecified atom stereocenters. The Bertz CT molecular complexity index is 742. The van der Waals surface area contributed by atoms with E-state index in [0.717, 1.165) is 11.8 Å². The maximum Gasteiger partial charge on any atom is 0.272 e. The number of nitrogens with one attached hydrogen (secondary N) is 1. The van der Waals surface area contributed by atoms with Gasteiger partial charge in [0, 0.05) is 31.7 Å². The van der Waals surface area contributed by atoms with Crippen molar-refractivity contribution in [3.63, 3.8) is 0 Å². The Balaban J connectivity index is 1.61. The van der Waals surface area contributed by atoms with Gasteiger partial charge in [-0.2, -0.15) is 0 Å². The van der Waals surface area contributed by atoms with Crippen LogP contribution in [0.25, 0.3) is 0 Å². The zero-order valence-corrected chi connectivity index (χ0v) is 13.5. The lowest BCUT2D eigenvalue weighted by Crippen LogP contribution is -2.40. The molecule has 0 bridgehead atoms. The van der Waals surface area contributed by atoms with E-state index in [1.807, 2.05) is 30.3 Å². The molecule has 1 amide bonds. The van der Waals surface area contributed by atoms with Crippen molar-refractivity contribution in [2.75, 3.05) is 13.1 Å². The summed E-state index contributed by atoms with van der Waals surface area (Å²) in [5.74, 6) is -2.52. The third-order valence-electron chi connectivity index (χ3n) is 4.26. The first-order chi connectivity index (χ1) is 12.0. The number of benzene rings is 1. The molecule has 2 heterocycles. The van der Waals surface area contributed by atoms with E-state index >= 15 is 0 Å². The standard InChI is InChI=1S/C18H19F2N3O2/c19-13-6-16(20)17(21-8-13)18(25)22-9-14-7-15(24)11-23(14)10-12-4-2-1-3-5-12/h1-6,8,14-15,24H,7,9-11H2,(H,22,25)/t14-,15-/m1/s1. The predicted octanol–water partition coefficient (Wildman–Crippen LogP) is 1.72. The number of hydrogen-bond acceptors (Lipinski definition) is 4. The third-order valence-corrected chi connectivity index (χ3v) is 4.26. The van der Waals surface area contributed by atoms with Crippen molar-refractivity contribution in [1.29, 1.82) is 0 Å². The number of aromatic nitrogens is 1. The van der Waals surface area contributed by atoms with E-state index < -0.39 is 29.3 Å². The molecule has 0 spiro atoms. The van der Waals surface area contributed by atoms with Crippen LogP contribution in [0, 0.1) is 11.6 Å². The van der Waals surface area contributed by atoms with Gasteiger partial charge < -0.3 is 10.4 Å².